The van der Waals surface area contributed by atoms with Crippen molar-refractivity contribution < 1.29 is 4.74 Å². The third-order valence-electron chi connectivity index (χ3n) is 3.00. The van der Waals surface area contributed by atoms with Gasteiger partial charge in [-0.3, -0.25) is 4.90 Å². The Morgan fingerprint density at radius 3 is 2.75 bits per heavy atom. The number of rotatable bonds is 4. The maximum atomic E-state index is 5.91. The van der Waals surface area contributed by atoms with Gasteiger partial charge in [0.1, 0.15) is 11.9 Å². The number of nitrogens with zero attached hydrogens (tertiary/aromatic N) is 1. The molecule has 1 heterocycles. The maximum absolute atomic E-state index is 5.91. The SMILES string of the molecule is [B]CCc1ccc(OC2CN(C)C2)c(C)c1. The first kappa shape index (κ1) is 11.5. The fraction of sp³-hybridized carbons (Fsp3) is 0.538. The van der Waals surface area contributed by atoms with Crippen molar-refractivity contribution in [3.8, 4) is 5.75 Å². The van der Waals surface area contributed by atoms with Gasteiger partial charge in [0.15, 0.2) is 0 Å². The summed E-state index contributed by atoms with van der Waals surface area (Å²) < 4.78 is 5.91. The quantitative estimate of drug-likeness (QED) is 0.710. The molecule has 1 aromatic carbocycles. The molecular formula is C13H18BNO. The molecule has 1 aliphatic heterocycles. The van der Waals surface area contributed by atoms with Gasteiger partial charge in [-0.05, 0) is 37.6 Å². The number of likely N-dealkylation sites (N-methyl/N-ethyl adjacent to an activating group) is 1. The molecule has 0 amide bonds. The van der Waals surface area contributed by atoms with E-state index in [-0.39, 0.29) is 0 Å². The van der Waals surface area contributed by atoms with E-state index in [1.807, 2.05) is 0 Å². The van der Waals surface area contributed by atoms with E-state index in [4.69, 9.17) is 12.6 Å². The number of benzene rings is 1. The van der Waals surface area contributed by atoms with Gasteiger partial charge in [-0.25, -0.2) is 0 Å². The largest absolute Gasteiger partial charge is 0.487 e. The second-order valence-electron chi connectivity index (χ2n) is 4.60. The Bertz CT molecular complexity index is 361. The van der Waals surface area contributed by atoms with Crippen molar-refractivity contribution >= 4 is 7.85 Å². The van der Waals surface area contributed by atoms with Crippen LogP contribution >= 0.6 is 0 Å². The van der Waals surface area contributed by atoms with E-state index in [0.29, 0.717) is 12.4 Å². The minimum atomic E-state index is 0.365. The Morgan fingerprint density at radius 1 is 1.44 bits per heavy atom. The molecule has 0 spiro atoms. The molecule has 16 heavy (non-hydrogen) atoms. The molecule has 2 nitrogen and oxygen atoms in total. The lowest BCUT2D eigenvalue weighted by molar-refractivity contribution is 0.0383. The Hall–Kier alpha value is -0.955. The van der Waals surface area contributed by atoms with Gasteiger partial charge in [0.05, 0.1) is 7.85 Å². The fourth-order valence-corrected chi connectivity index (χ4v) is 2.06. The molecule has 0 N–H and O–H groups in total. The highest BCUT2D eigenvalue weighted by Crippen LogP contribution is 2.23. The van der Waals surface area contributed by atoms with Crippen LogP contribution in [0, 0.1) is 6.92 Å². The topological polar surface area (TPSA) is 12.5 Å². The van der Waals surface area contributed by atoms with Gasteiger partial charge in [0.25, 0.3) is 0 Å². The van der Waals surface area contributed by atoms with E-state index in [1.54, 1.807) is 0 Å². The Kier molecular flexibility index (Phi) is 3.54. The highest BCUT2D eigenvalue weighted by Gasteiger charge is 2.25. The maximum Gasteiger partial charge on any atom is 0.124 e. The van der Waals surface area contributed by atoms with Crippen molar-refractivity contribution in [2.75, 3.05) is 20.1 Å². The number of hydrogen-bond donors (Lipinski definition) is 0. The van der Waals surface area contributed by atoms with Crippen LogP contribution in [0.1, 0.15) is 11.1 Å². The van der Waals surface area contributed by atoms with Crippen LogP contribution in [0.2, 0.25) is 6.32 Å². The molecule has 0 bridgehead atoms. The van der Waals surface area contributed by atoms with E-state index >= 15 is 0 Å². The van der Waals surface area contributed by atoms with Crippen LogP contribution in [0.5, 0.6) is 5.75 Å². The first-order valence-electron chi connectivity index (χ1n) is 5.84. The van der Waals surface area contributed by atoms with Crippen molar-refractivity contribution in [2.24, 2.45) is 0 Å². The van der Waals surface area contributed by atoms with Crippen LogP contribution in [-0.2, 0) is 6.42 Å². The van der Waals surface area contributed by atoms with E-state index in [0.717, 1.165) is 25.3 Å². The van der Waals surface area contributed by atoms with Crippen molar-refractivity contribution in [3.05, 3.63) is 29.3 Å². The molecular weight excluding hydrogens is 197 g/mol. The summed E-state index contributed by atoms with van der Waals surface area (Å²) in [4.78, 5) is 2.25. The molecule has 0 atom stereocenters. The second kappa shape index (κ2) is 4.92. The highest BCUT2D eigenvalue weighted by molar-refractivity contribution is 6.08. The Balaban J connectivity index is 1.99. The first-order chi connectivity index (χ1) is 7.69. The molecule has 0 saturated carbocycles. The molecule has 84 valence electrons. The van der Waals surface area contributed by atoms with Crippen LogP contribution < -0.4 is 4.74 Å². The molecule has 2 rings (SSSR count). The molecule has 1 aliphatic rings. The number of aryl methyl sites for hydroxylation is 2. The average molecular weight is 215 g/mol. The molecule has 1 saturated heterocycles. The molecule has 0 aliphatic carbocycles. The lowest BCUT2D eigenvalue weighted by Crippen LogP contribution is -2.51. The Morgan fingerprint density at radius 2 is 2.19 bits per heavy atom. The summed E-state index contributed by atoms with van der Waals surface area (Å²) in [5.74, 6) is 1.01. The summed E-state index contributed by atoms with van der Waals surface area (Å²) in [6.45, 7) is 4.16. The lowest BCUT2D eigenvalue weighted by atomic mass is 9.96. The van der Waals surface area contributed by atoms with Crippen LogP contribution in [0.3, 0.4) is 0 Å². The molecule has 0 aromatic heterocycles. The van der Waals surface area contributed by atoms with E-state index in [1.165, 1.54) is 11.1 Å². The lowest BCUT2D eigenvalue weighted by Gasteiger charge is -2.36. The van der Waals surface area contributed by atoms with Gasteiger partial charge in [0, 0.05) is 13.1 Å². The number of ether oxygens (including phenoxy) is 1. The van der Waals surface area contributed by atoms with Crippen molar-refractivity contribution in [1.82, 2.24) is 4.90 Å². The van der Waals surface area contributed by atoms with Gasteiger partial charge in [-0.15, -0.1) is 0 Å². The van der Waals surface area contributed by atoms with E-state index < -0.39 is 0 Å². The second-order valence-corrected chi connectivity index (χ2v) is 4.60. The van der Waals surface area contributed by atoms with Crippen LogP contribution in [0.25, 0.3) is 0 Å². The summed E-state index contributed by atoms with van der Waals surface area (Å²) in [5, 5.41) is 0. The predicted octanol–water partition coefficient (Wildman–Crippen LogP) is 1.82. The summed E-state index contributed by atoms with van der Waals surface area (Å²) in [6.07, 6.45) is 2.00. The number of hydrogen-bond acceptors (Lipinski definition) is 2. The van der Waals surface area contributed by atoms with Crippen LogP contribution in [0.4, 0.5) is 0 Å². The highest BCUT2D eigenvalue weighted by atomic mass is 16.5. The minimum Gasteiger partial charge on any atom is -0.487 e. The average Bonchev–Trinajstić information content (AvgIpc) is 2.20. The first-order valence-corrected chi connectivity index (χ1v) is 5.84. The molecule has 2 radical (unpaired) electrons. The van der Waals surface area contributed by atoms with Crippen molar-refractivity contribution in [2.45, 2.75) is 25.8 Å². The summed E-state index contributed by atoms with van der Waals surface area (Å²) in [6, 6.07) is 6.35. The van der Waals surface area contributed by atoms with Gasteiger partial charge in [0.2, 0.25) is 0 Å². The zero-order valence-electron chi connectivity index (χ0n) is 10.1. The predicted molar refractivity (Wildman–Crippen MR) is 67.4 cm³/mol. The van der Waals surface area contributed by atoms with Crippen LogP contribution in [0.15, 0.2) is 18.2 Å². The van der Waals surface area contributed by atoms with Crippen molar-refractivity contribution in [3.63, 3.8) is 0 Å². The summed E-state index contributed by atoms with van der Waals surface area (Å²) >= 11 is 0. The Labute approximate surface area is 99.0 Å². The van der Waals surface area contributed by atoms with Gasteiger partial charge >= 0.3 is 0 Å². The van der Waals surface area contributed by atoms with Gasteiger partial charge in [-0.2, -0.15) is 0 Å². The minimum absolute atomic E-state index is 0.365. The van der Waals surface area contributed by atoms with E-state index in [2.05, 4.69) is 37.1 Å². The van der Waals surface area contributed by atoms with Crippen LogP contribution in [-0.4, -0.2) is 39.0 Å². The summed E-state index contributed by atoms with van der Waals surface area (Å²) in [5.41, 5.74) is 2.50. The standard InChI is InChI=1S/C13H18BNO/c1-10-7-11(5-6-14)3-4-13(10)16-12-8-15(2)9-12/h3-4,7,12H,5-6,8-9H2,1-2H3. The molecule has 1 fully saturated rings. The van der Waals surface area contributed by atoms with E-state index in [9.17, 15) is 0 Å². The van der Waals surface area contributed by atoms with Gasteiger partial charge < -0.3 is 4.74 Å². The van der Waals surface area contributed by atoms with Gasteiger partial charge in [-0.1, -0.05) is 18.5 Å². The zero-order valence-corrected chi connectivity index (χ0v) is 10.1. The summed E-state index contributed by atoms with van der Waals surface area (Å²) in [7, 11) is 7.65. The fourth-order valence-electron chi connectivity index (χ4n) is 2.06. The third-order valence-corrected chi connectivity index (χ3v) is 3.00. The monoisotopic (exact) mass is 215 g/mol. The molecule has 0 unspecified atom stereocenters. The smallest absolute Gasteiger partial charge is 0.124 e. The molecule has 3 heteroatoms. The normalized spacial score (nSPS) is 17.1. The third kappa shape index (κ3) is 2.59. The zero-order chi connectivity index (χ0) is 11.5. The number of likely N-dealkylation sites (tertiary alicyclic amines) is 1. The van der Waals surface area contributed by atoms with Crippen molar-refractivity contribution in [1.29, 1.82) is 0 Å². The molecule has 1 aromatic rings.